The number of hydrogen-bond donors (Lipinski definition) is 1. The summed E-state index contributed by atoms with van der Waals surface area (Å²) >= 11 is 0. The number of carboxylic acids is 1. The van der Waals surface area contributed by atoms with Gasteiger partial charge in [-0.05, 0) is 13.0 Å². The number of ether oxygens (including phenoxy) is 1. The molecule has 0 bridgehead atoms. The summed E-state index contributed by atoms with van der Waals surface area (Å²) < 4.78 is 4.75. The average Bonchev–Trinajstić information content (AvgIpc) is 2.14. The molecule has 0 unspecified atom stereocenters. The summed E-state index contributed by atoms with van der Waals surface area (Å²) in [5.74, 6) is -1.06. The molecule has 0 aliphatic rings. The normalized spacial score (nSPS) is 13.6. The van der Waals surface area contributed by atoms with Gasteiger partial charge in [-0.2, -0.15) is 0 Å². The van der Waals surface area contributed by atoms with Gasteiger partial charge in [-0.25, -0.2) is 4.79 Å². The van der Waals surface area contributed by atoms with E-state index in [1.54, 1.807) is 20.2 Å². The Labute approximate surface area is 82.8 Å². The van der Waals surface area contributed by atoms with E-state index in [9.17, 15) is 4.79 Å². The van der Waals surface area contributed by atoms with Crippen LogP contribution in [0.3, 0.4) is 0 Å². The molecule has 0 radical (unpaired) electrons. The van der Waals surface area contributed by atoms with Crippen molar-refractivity contribution in [2.24, 2.45) is 9.98 Å². The van der Waals surface area contributed by atoms with Crippen molar-refractivity contribution >= 4 is 17.9 Å². The van der Waals surface area contributed by atoms with Gasteiger partial charge in [0.25, 0.3) is 0 Å². The SMILES string of the molecule is C\N=C(/C=C(C)\N=C\COC)C(=O)O. The van der Waals surface area contributed by atoms with Crippen LogP contribution in [0.1, 0.15) is 6.92 Å². The lowest BCUT2D eigenvalue weighted by atomic mass is 10.3. The molecule has 0 saturated carbocycles. The topological polar surface area (TPSA) is 71.2 Å². The quantitative estimate of drug-likeness (QED) is 0.663. The number of nitrogens with zero attached hydrogens (tertiary/aromatic N) is 2. The van der Waals surface area contributed by atoms with Gasteiger partial charge in [-0.15, -0.1) is 0 Å². The van der Waals surface area contributed by atoms with Gasteiger partial charge in [0.2, 0.25) is 0 Å². The zero-order chi connectivity index (χ0) is 11.0. The maximum Gasteiger partial charge on any atom is 0.354 e. The third-order valence-electron chi connectivity index (χ3n) is 1.34. The molecule has 0 saturated heterocycles. The highest BCUT2D eigenvalue weighted by Crippen LogP contribution is 1.95. The standard InChI is InChI=1S/C9H14N2O3/c1-7(11-4-5-14-3)6-8(10-2)9(12)13/h4,6H,5H2,1-3H3,(H,12,13)/b7-6-,10-8+,11-4+. The molecular weight excluding hydrogens is 184 g/mol. The summed E-state index contributed by atoms with van der Waals surface area (Å²) in [6.45, 7) is 2.09. The molecule has 0 aromatic carbocycles. The van der Waals surface area contributed by atoms with E-state index < -0.39 is 5.97 Å². The van der Waals surface area contributed by atoms with Crippen LogP contribution < -0.4 is 0 Å². The zero-order valence-corrected chi connectivity index (χ0v) is 8.52. The van der Waals surface area contributed by atoms with E-state index in [1.807, 2.05) is 0 Å². The number of aliphatic carboxylic acids is 1. The summed E-state index contributed by atoms with van der Waals surface area (Å²) in [4.78, 5) is 18.1. The Bertz CT molecular complexity index is 280. The van der Waals surface area contributed by atoms with Crippen LogP contribution in [-0.4, -0.2) is 43.8 Å². The van der Waals surface area contributed by atoms with Crippen LogP contribution in [0.25, 0.3) is 0 Å². The zero-order valence-electron chi connectivity index (χ0n) is 8.52. The van der Waals surface area contributed by atoms with Gasteiger partial charge < -0.3 is 9.84 Å². The molecule has 0 rings (SSSR count). The minimum Gasteiger partial charge on any atom is -0.477 e. The first kappa shape index (κ1) is 12.5. The molecule has 5 heteroatoms. The highest BCUT2D eigenvalue weighted by molar-refractivity contribution is 6.40. The Hall–Kier alpha value is -1.49. The Kier molecular flexibility index (Phi) is 6.22. The second-order valence-electron chi connectivity index (χ2n) is 2.47. The third kappa shape index (κ3) is 5.21. The minimum atomic E-state index is -1.06. The molecule has 0 aromatic heterocycles. The molecular formula is C9H14N2O3. The first-order valence-electron chi connectivity index (χ1n) is 4.01. The largest absolute Gasteiger partial charge is 0.477 e. The molecule has 0 fully saturated rings. The Morgan fingerprint density at radius 3 is 2.64 bits per heavy atom. The predicted molar refractivity (Wildman–Crippen MR) is 55.1 cm³/mol. The monoisotopic (exact) mass is 198 g/mol. The second kappa shape index (κ2) is 6.97. The van der Waals surface area contributed by atoms with Crippen LogP contribution >= 0.6 is 0 Å². The summed E-state index contributed by atoms with van der Waals surface area (Å²) in [5.41, 5.74) is 0.558. The molecule has 14 heavy (non-hydrogen) atoms. The van der Waals surface area contributed by atoms with Gasteiger partial charge >= 0.3 is 5.97 Å². The van der Waals surface area contributed by atoms with Gasteiger partial charge in [-0.1, -0.05) is 0 Å². The molecule has 0 spiro atoms. The summed E-state index contributed by atoms with van der Waals surface area (Å²) in [6.07, 6.45) is 2.95. The van der Waals surface area contributed by atoms with Crippen LogP contribution in [0.2, 0.25) is 0 Å². The molecule has 0 aromatic rings. The predicted octanol–water partition coefficient (Wildman–Crippen LogP) is 0.763. The fourth-order valence-electron chi connectivity index (χ4n) is 0.713. The summed E-state index contributed by atoms with van der Waals surface area (Å²) in [6, 6.07) is 0. The van der Waals surface area contributed by atoms with Crippen LogP contribution in [0.4, 0.5) is 0 Å². The smallest absolute Gasteiger partial charge is 0.354 e. The highest BCUT2D eigenvalue weighted by atomic mass is 16.5. The molecule has 0 atom stereocenters. The van der Waals surface area contributed by atoms with E-state index in [-0.39, 0.29) is 5.71 Å². The molecule has 78 valence electrons. The molecule has 0 heterocycles. The molecule has 0 aliphatic carbocycles. The molecule has 0 amide bonds. The lowest BCUT2D eigenvalue weighted by Crippen LogP contribution is -2.10. The average molecular weight is 198 g/mol. The van der Waals surface area contributed by atoms with Crippen molar-refractivity contribution < 1.29 is 14.6 Å². The lowest BCUT2D eigenvalue weighted by molar-refractivity contribution is -0.129. The molecule has 1 N–H and O–H groups in total. The molecule has 5 nitrogen and oxygen atoms in total. The minimum absolute atomic E-state index is 0.0166. The fraction of sp³-hybridized carbons (Fsp3) is 0.444. The van der Waals surface area contributed by atoms with Gasteiger partial charge in [0.1, 0.15) is 5.71 Å². The van der Waals surface area contributed by atoms with Gasteiger partial charge in [-0.3, -0.25) is 9.98 Å². The number of carbonyl (C=O) groups is 1. The van der Waals surface area contributed by atoms with Crippen LogP contribution in [-0.2, 0) is 9.53 Å². The maximum atomic E-state index is 10.5. The van der Waals surface area contributed by atoms with Crippen LogP contribution in [0, 0.1) is 0 Å². The van der Waals surface area contributed by atoms with E-state index in [0.29, 0.717) is 12.3 Å². The Balaban J connectivity index is 4.42. The first-order valence-corrected chi connectivity index (χ1v) is 4.01. The van der Waals surface area contributed by atoms with E-state index in [0.717, 1.165) is 0 Å². The van der Waals surface area contributed by atoms with Gasteiger partial charge in [0.15, 0.2) is 0 Å². The number of hydrogen-bond acceptors (Lipinski definition) is 4. The van der Waals surface area contributed by atoms with Crippen molar-refractivity contribution in [2.75, 3.05) is 20.8 Å². The highest BCUT2D eigenvalue weighted by Gasteiger charge is 2.03. The second-order valence-corrected chi connectivity index (χ2v) is 2.47. The number of rotatable bonds is 5. The van der Waals surface area contributed by atoms with Gasteiger partial charge in [0, 0.05) is 26.1 Å². The Morgan fingerprint density at radius 2 is 2.21 bits per heavy atom. The van der Waals surface area contributed by atoms with Crippen molar-refractivity contribution in [3.63, 3.8) is 0 Å². The Morgan fingerprint density at radius 1 is 1.57 bits per heavy atom. The fourth-order valence-corrected chi connectivity index (χ4v) is 0.713. The maximum absolute atomic E-state index is 10.5. The number of carboxylic acid groups (broad SMARTS) is 1. The van der Waals surface area contributed by atoms with Crippen molar-refractivity contribution in [1.82, 2.24) is 0 Å². The van der Waals surface area contributed by atoms with Crippen molar-refractivity contribution in [3.05, 3.63) is 11.8 Å². The van der Waals surface area contributed by atoms with Crippen molar-refractivity contribution in [3.8, 4) is 0 Å². The van der Waals surface area contributed by atoms with E-state index in [2.05, 4.69) is 9.98 Å². The van der Waals surface area contributed by atoms with Crippen molar-refractivity contribution in [1.29, 1.82) is 0 Å². The number of aliphatic imine (C=N–C) groups is 2. The number of allylic oxidation sites excluding steroid dienone is 1. The summed E-state index contributed by atoms with van der Waals surface area (Å²) in [5, 5.41) is 8.64. The first-order chi connectivity index (χ1) is 6.61. The molecule has 0 aliphatic heterocycles. The van der Waals surface area contributed by atoms with E-state index in [4.69, 9.17) is 9.84 Å². The summed E-state index contributed by atoms with van der Waals surface area (Å²) in [7, 11) is 2.98. The van der Waals surface area contributed by atoms with E-state index >= 15 is 0 Å². The third-order valence-corrected chi connectivity index (χ3v) is 1.34. The van der Waals surface area contributed by atoms with Crippen LogP contribution in [0.5, 0.6) is 0 Å². The number of methoxy groups -OCH3 is 1. The lowest BCUT2D eigenvalue weighted by Gasteiger charge is -1.94. The van der Waals surface area contributed by atoms with Gasteiger partial charge in [0.05, 0.1) is 6.61 Å². The van der Waals surface area contributed by atoms with Crippen LogP contribution in [0.15, 0.2) is 21.8 Å². The van der Waals surface area contributed by atoms with E-state index in [1.165, 1.54) is 13.1 Å². The van der Waals surface area contributed by atoms with Crippen molar-refractivity contribution in [2.45, 2.75) is 6.92 Å².